The maximum atomic E-state index is 15.2. The molecule has 2 aromatic heterocycles. The molecule has 0 radical (unpaired) electrons. The number of likely N-dealkylation sites (tertiary alicyclic amines) is 3. The molecule has 1 saturated carbocycles. The average molecular weight is 1120 g/mol. The number of nitrogens with one attached hydrogen (secondary N) is 5. The van der Waals surface area contributed by atoms with Crippen molar-refractivity contribution < 1.29 is 62.6 Å². The van der Waals surface area contributed by atoms with Crippen LogP contribution < -0.4 is 27.0 Å². The van der Waals surface area contributed by atoms with E-state index < -0.39 is 118 Å². The van der Waals surface area contributed by atoms with Crippen LogP contribution >= 0.6 is 0 Å². The Balaban J connectivity index is 0.00000107. The molecule has 1 aliphatic carbocycles. The number of nitrogens with zero attached hydrogens (tertiary/aromatic N) is 4. The summed E-state index contributed by atoms with van der Waals surface area (Å²) in [7, 11) is 1.23. The van der Waals surface area contributed by atoms with E-state index in [9.17, 15) is 47.9 Å². The zero-order valence-electron chi connectivity index (χ0n) is 47.3. The van der Waals surface area contributed by atoms with Gasteiger partial charge in [0.05, 0.1) is 19.2 Å². The summed E-state index contributed by atoms with van der Waals surface area (Å²) < 4.78 is 4.61. The number of carboxylic acids is 1. The number of Topliss-reactive ketones (excluding diaryl/α,β-unsaturated/α-hetero) is 1. The van der Waals surface area contributed by atoms with Crippen LogP contribution in [-0.2, 0) is 59.1 Å². The number of hydrogen-bond acceptors (Lipinski definition) is 13. The Morgan fingerprint density at radius 1 is 0.852 bits per heavy atom. The number of ether oxygens (including phenoxy) is 1. The third kappa shape index (κ3) is 15.1. The highest BCUT2D eigenvalue weighted by atomic mass is 16.5. The van der Waals surface area contributed by atoms with Crippen molar-refractivity contribution in [2.75, 3.05) is 26.7 Å². The van der Waals surface area contributed by atoms with Crippen LogP contribution in [0.5, 0.6) is 0 Å². The second-order valence-corrected chi connectivity index (χ2v) is 22.9. The molecule has 8 N–H and O–H groups in total. The van der Waals surface area contributed by atoms with Gasteiger partial charge in [-0.05, 0) is 100 Å². The van der Waals surface area contributed by atoms with E-state index in [1.165, 1.54) is 54.4 Å². The summed E-state index contributed by atoms with van der Waals surface area (Å²) in [5.74, 6) is -7.11. The van der Waals surface area contributed by atoms with E-state index in [4.69, 9.17) is 10.8 Å². The number of H-pyrrole nitrogens is 1. The number of ketones is 1. The third-order valence-corrected chi connectivity index (χ3v) is 16.0. The van der Waals surface area contributed by atoms with Crippen LogP contribution in [0.1, 0.15) is 135 Å². The minimum absolute atomic E-state index is 0.0737. The van der Waals surface area contributed by atoms with Gasteiger partial charge in [-0.3, -0.25) is 48.1 Å². The minimum Gasteiger partial charge on any atom is -0.478 e. The molecule has 3 saturated heterocycles. The smallest absolute Gasteiger partial charge is 0.337 e. The zero-order chi connectivity index (χ0) is 59.4. The molecule has 7 atom stereocenters. The van der Waals surface area contributed by atoms with Crippen molar-refractivity contribution in [3.8, 4) is 0 Å². The summed E-state index contributed by atoms with van der Waals surface area (Å²) in [4.78, 5) is 159. The second-order valence-electron chi connectivity index (χ2n) is 22.9. The number of aromatic carboxylic acids is 1. The quantitative estimate of drug-likeness (QED) is 0.0671. The number of fused-ring (bicyclic) bond motifs is 1. The number of rotatable bonds is 19. The van der Waals surface area contributed by atoms with Gasteiger partial charge in [0, 0.05) is 68.4 Å². The second kappa shape index (κ2) is 27.0. The van der Waals surface area contributed by atoms with Gasteiger partial charge in [0.2, 0.25) is 47.3 Å². The van der Waals surface area contributed by atoms with E-state index in [0.29, 0.717) is 32.1 Å². The monoisotopic (exact) mass is 1120 g/mol. The predicted octanol–water partition coefficient (Wildman–Crippen LogP) is 3.00. The van der Waals surface area contributed by atoms with Gasteiger partial charge in [-0.1, -0.05) is 64.3 Å². The molecule has 1 aromatic carbocycles. The lowest BCUT2D eigenvalue weighted by molar-refractivity contribution is -0.151. The molecule has 0 spiro atoms. The summed E-state index contributed by atoms with van der Waals surface area (Å²) in [6.07, 6.45) is 12.6. The van der Waals surface area contributed by atoms with Crippen molar-refractivity contribution >= 4 is 75.9 Å². The molecule has 4 fully saturated rings. The van der Waals surface area contributed by atoms with Gasteiger partial charge >= 0.3 is 11.9 Å². The summed E-state index contributed by atoms with van der Waals surface area (Å²) >= 11 is 0. The first kappa shape index (κ1) is 62.2. The Morgan fingerprint density at radius 3 is 2.12 bits per heavy atom. The van der Waals surface area contributed by atoms with Crippen LogP contribution in [0.25, 0.3) is 10.9 Å². The summed E-state index contributed by atoms with van der Waals surface area (Å²) in [6, 6.07) is 4.67. The zero-order valence-corrected chi connectivity index (χ0v) is 47.3. The van der Waals surface area contributed by atoms with Crippen molar-refractivity contribution in [1.29, 1.82) is 0 Å². The van der Waals surface area contributed by atoms with E-state index in [-0.39, 0.29) is 56.7 Å². The summed E-state index contributed by atoms with van der Waals surface area (Å²) in [5, 5.41) is 20.5. The first-order chi connectivity index (χ1) is 38.3. The topological polar surface area (TPSA) is 330 Å². The molecule has 81 heavy (non-hydrogen) atoms. The largest absolute Gasteiger partial charge is 0.478 e. The Labute approximate surface area is 471 Å². The van der Waals surface area contributed by atoms with Gasteiger partial charge in [-0.25, -0.2) is 9.59 Å². The number of carbonyl (C=O) groups is 11. The van der Waals surface area contributed by atoms with Crippen LogP contribution in [-0.4, -0.2) is 163 Å². The molecule has 8 amide bonds. The minimum atomic E-state index is -1.47. The van der Waals surface area contributed by atoms with Gasteiger partial charge in [-0.2, -0.15) is 0 Å². The molecule has 0 unspecified atom stereocenters. The lowest BCUT2D eigenvalue weighted by Crippen LogP contribution is -2.65. The van der Waals surface area contributed by atoms with Gasteiger partial charge in [0.15, 0.2) is 5.78 Å². The molecular weight excluding hydrogens is 1040 g/mol. The Morgan fingerprint density at radius 2 is 1.52 bits per heavy atom. The van der Waals surface area contributed by atoms with Crippen molar-refractivity contribution in [3.05, 3.63) is 78.3 Å². The van der Waals surface area contributed by atoms with Gasteiger partial charge in [-0.15, -0.1) is 0 Å². The number of pyridine rings is 1. The highest BCUT2D eigenvalue weighted by Gasteiger charge is 2.52. The highest BCUT2D eigenvalue weighted by molar-refractivity contribution is 6.03. The number of esters is 1. The standard InChI is InChI=1S/C52H73N9O11.C6H5NO2/c1-31(62)55-37(21-13-14-22-40(64)72-7)43(65)58-42(50(2,3)4)47(69)59-30-34(63)28-39(59)44(66)57-41(32-17-9-8-10-18-32)46(68)61-26-16-24-52(61,6)49(71)56-38(27-33-29-54-36-20-12-11-19-35(33)36)45(67)60-25-15-23-51(60,5)48(53)70;8-6(9)5-2-1-3-7-4-5/h11-12,14,19-20,22,29,32,37-39,41-42,54H,8-10,13,15-18,21,23-28,30H2,1-7H3,(H2,53,70)(H,55,62)(H,56,71)(H,57,66)(H,58,65);1-4H,(H,8,9)/b22-14+;/t37-,38-,39-,41-,42+,51-,52-;/m0./s1. The van der Waals surface area contributed by atoms with Crippen LogP contribution in [0.4, 0.5) is 0 Å². The molecule has 5 heterocycles. The van der Waals surface area contributed by atoms with Gasteiger partial charge in [0.25, 0.3) is 0 Å². The number of primary amides is 1. The number of benzene rings is 1. The van der Waals surface area contributed by atoms with Crippen LogP contribution in [0.15, 0.2) is 67.1 Å². The fourth-order valence-electron chi connectivity index (χ4n) is 11.3. The molecule has 23 heteroatoms. The van der Waals surface area contributed by atoms with Crippen LogP contribution in [0.3, 0.4) is 0 Å². The van der Waals surface area contributed by atoms with E-state index >= 15 is 4.79 Å². The number of nitrogens with two attached hydrogens (primary N) is 1. The lowest BCUT2D eigenvalue weighted by atomic mass is 9.82. The fraction of sp³-hybridized carbons (Fsp3) is 0.552. The number of hydrogen-bond donors (Lipinski definition) is 7. The molecule has 3 aromatic rings. The normalized spacial score (nSPS) is 21.7. The van der Waals surface area contributed by atoms with Gasteiger partial charge in [0.1, 0.15) is 41.3 Å². The average Bonchev–Trinajstić information content (AvgIpc) is 4.42. The van der Waals surface area contributed by atoms with E-state index in [0.717, 1.165) is 40.6 Å². The fourth-order valence-corrected chi connectivity index (χ4v) is 11.3. The number of aromatic amines is 1. The number of amides is 8. The van der Waals surface area contributed by atoms with E-state index in [2.05, 4.69) is 36.0 Å². The number of para-hydroxylation sites is 1. The lowest BCUT2D eigenvalue weighted by Gasteiger charge is -2.41. The number of carbonyl (C=O) groups excluding carboxylic acids is 10. The van der Waals surface area contributed by atoms with Crippen LogP contribution in [0.2, 0.25) is 0 Å². The summed E-state index contributed by atoms with van der Waals surface area (Å²) in [6.45, 7) is 9.67. The van der Waals surface area contributed by atoms with E-state index in [1.807, 2.05) is 24.3 Å². The highest BCUT2D eigenvalue weighted by Crippen LogP contribution is 2.36. The third-order valence-electron chi connectivity index (χ3n) is 16.0. The molecule has 7 rings (SSSR count). The van der Waals surface area contributed by atoms with Crippen molar-refractivity contribution in [3.63, 3.8) is 0 Å². The maximum absolute atomic E-state index is 15.2. The van der Waals surface area contributed by atoms with Crippen molar-refractivity contribution in [1.82, 2.24) is 45.9 Å². The first-order valence-electron chi connectivity index (χ1n) is 27.7. The molecule has 3 aliphatic heterocycles. The molecule has 0 bridgehead atoms. The Hall–Kier alpha value is -7.98. The Bertz CT molecular complexity index is 2880. The Kier molecular flexibility index (Phi) is 20.7. The predicted molar refractivity (Wildman–Crippen MR) is 296 cm³/mol. The molecule has 23 nitrogen and oxygen atoms in total. The van der Waals surface area contributed by atoms with Crippen molar-refractivity contribution in [2.24, 2.45) is 17.1 Å². The number of methoxy groups -OCH3 is 1. The molecule has 4 aliphatic rings. The molecule has 438 valence electrons. The van der Waals surface area contributed by atoms with Crippen molar-refractivity contribution in [2.45, 2.75) is 166 Å². The van der Waals surface area contributed by atoms with Crippen LogP contribution in [0, 0.1) is 11.3 Å². The number of aromatic nitrogens is 2. The molecular formula is C58H78N10O13. The van der Waals surface area contributed by atoms with Gasteiger partial charge < -0.3 is 56.5 Å². The number of allylic oxidation sites excluding steroid dienone is 1. The van der Waals surface area contributed by atoms with E-state index in [1.54, 1.807) is 46.9 Å². The first-order valence-corrected chi connectivity index (χ1v) is 27.7. The maximum Gasteiger partial charge on any atom is 0.337 e. The SMILES string of the molecule is COC(=O)/C=C/CC[C@H](NC(C)=O)C(=O)N[C@H](C(=O)N1CC(=O)C[C@H]1C(=O)N[C@H](C(=O)N1CCC[C@@]1(C)C(=O)N[C@@H](Cc1c[nH]c2ccccc12)C(=O)N1CCC[C@@]1(C)C(N)=O)C1CCCCC1)C(C)(C)C.O=C(O)c1cccnc1. The number of carboxylic acid groups (broad SMARTS) is 1. The summed E-state index contributed by atoms with van der Waals surface area (Å²) in [5.41, 5.74) is 3.99.